The van der Waals surface area contributed by atoms with Crippen LogP contribution in [0.1, 0.15) is 35.6 Å². The highest BCUT2D eigenvalue weighted by Gasteiger charge is 2.25. The third-order valence-corrected chi connectivity index (χ3v) is 5.51. The Labute approximate surface area is 165 Å². The maximum absolute atomic E-state index is 13.2. The van der Waals surface area contributed by atoms with E-state index in [4.69, 9.17) is 9.94 Å². The van der Waals surface area contributed by atoms with Gasteiger partial charge in [-0.2, -0.15) is 0 Å². The van der Waals surface area contributed by atoms with Crippen molar-refractivity contribution in [2.75, 3.05) is 20.2 Å². The standard InChI is InChI=1S/C22H27FN2O3/c1-28-21(17-6-8-20(23)9-7-17)14-18(22(26)24-27)11-13-25-12-10-16-4-2-3-5-19(16)15-25/h2-9,18,21,27H,10-15H2,1H3,(H,24,26)/t18-,21+/m0/s1. The number of hydroxylamine groups is 1. The molecule has 0 aromatic heterocycles. The van der Waals surface area contributed by atoms with Crippen LogP contribution in [0.15, 0.2) is 48.5 Å². The summed E-state index contributed by atoms with van der Waals surface area (Å²) < 4.78 is 18.7. The average Bonchev–Trinajstić information content (AvgIpc) is 2.74. The molecule has 2 atom stereocenters. The van der Waals surface area contributed by atoms with Crippen molar-refractivity contribution >= 4 is 5.91 Å². The fourth-order valence-electron chi connectivity index (χ4n) is 3.83. The molecule has 28 heavy (non-hydrogen) atoms. The quantitative estimate of drug-likeness (QED) is 0.539. The molecule has 3 rings (SSSR count). The van der Waals surface area contributed by atoms with Gasteiger partial charge in [-0.3, -0.25) is 14.9 Å². The van der Waals surface area contributed by atoms with E-state index in [2.05, 4.69) is 29.2 Å². The van der Waals surface area contributed by atoms with Crippen LogP contribution in [-0.2, 0) is 22.5 Å². The van der Waals surface area contributed by atoms with E-state index in [1.807, 2.05) is 0 Å². The molecule has 6 heteroatoms. The first-order valence-electron chi connectivity index (χ1n) is 9.62. The normalized spacial score (nSPS) is 16.2. The molecule has 2 N–H and O–H groups in total. The molecule has 0 bridgehead atoms. The second-order valence-electron chi connectivity index (χ2n) is 7.27. The van der Waals surface area contributed by atoms with E-state index in [1.54, 1.807) is 24.7 Å². The van der Waals surface area contributed by atoms with E-state index >= 15 is 0 Å². The Kier molecular flexibility index (Phi) is 7.14. The van der Waals surface area contributed by atoms with E-state index in [0.717, 1.165) is 31.6 Å². The van der Waals surface area contributed by atoms with Crippen LogP contribution in [0.4, 0.5) is 4.39 Å². The summed E-state index contributed by atoms with van der Waals surface area (Å²) in [5.41, 5.74) is 5.32. The van der Waals surface area contributed by atoms with E-state index in [1.165, 1.54) is 23.3 Å². The number of carbonyl (C=O) groups excluding carboxylic acids is 1. The molecule has 150 valence electrons. The largest absolute Gasteiger partial charge is 0.377 e. The van der Waals surface area contributed by atoms with Gasteiger partial charge in [0.25, 0.3) is 0 Å². The lowest BCUT2D eigenvalue weighted by Gasteiger charge is -2.30. The average molecular weight is 386 g/mol. The number of fused-ring (bicyclic) bond motifs is 1. The summed E-state index contributed by atoms with van der Waals surface area (Å²) in [6.07, 6.45) is 1.68. The fraction of sp³-hybridized carbons (Fsp3) is 0.409. The Hall–Kier alpha value is -2.28. The van der Waals surface area contributed by atoms with Crippen molar-refractivity contribution in [3.8, 4) is 0 Å². The Morgan fingerprint density at radius 1 is 1.21 bits per heavy atom. The first-order valence-corrected chi connectivity index (χ1v) is 9.62. The number of benzene rings is 2. The number of amides is 1. The summed E-state index contributed by atoms with van der Waals surface area (Å²) in [4.78, 5) is 14.6. The van der Waals surface area contributed by atoms with Gasteiger partial charge in [-0.1, -0.05) is 36.4 Å². The molecule has 1 heterocycles. The summed E-state index contributed by atoms with van der Waals surface area (Å²) in [5.74, 6) is -1.13. The highest BCUT2D eigenvalue weighted by molar-refractivity contribution is 5.77. The minimum absolute atomic E-state index is 0.311. The summed E-state index contributed by atoms with van der Waals surface area (Å²) >= 11 is 0. The van der Waals surface area contributed by atoms with Crippen molar-refractivity contribution in [2.24, 2.45) is 5.92 Å². The van der Waals surface area contributed by atoms with Crippen molar-refractivity contribution in [3.63, 3.8) is 0 Å². The molecule has 0 saturated heterocycles. The van der Waals surface area contributed by atoms with Crippen LogP contribution < -0.4 is 5.48 Å². The van der Waals surface area contributed by atoms with Gasteiger partial charge in [0.15, 0.2) is 0 Å². The molecular weight excluding hydrogens is 359 g/mol. The molecule has 0 fully saturated rings. The monoisotopic (exact) mass is 386 g/mol. The van der Waals surface area contributed by atoms with Gasteiger partial charge in [-0.05, 0) is 54.6 Å². The van der Waals surface area contributed by atoms with E-state index in [-0.39, 0.29) is 11.9 Å². The number of ether oxygens (including phenoxy) is 1. The zero-order chi connectivity index (χ0) is 19.9. The van der Waals surface area contributed by atoms with Crippen LogP contribution in [-0.4, -0.2) is 36.2 Å². The second-order valence-corrected chi connectivity index (χ2v) is 7.27. The van der Waals surface area contributed by atoms with Crippen LogP contribution in [0.3, 0.4) is 0 Å². The molecule has 0 radical (unpaired) electrons. The maximum Gasteiger partial charge on any atom is 0.246 e. The van der Waals surface area contributed by atoms with E-state index in [0.29, 0.717) is 12.8 Å². The summed E-state index contributed by atoms with van der Waals surface area (Å²) in [7, 11) is 1.57. The van der Waals surface area contributed by atoms with Crippen LogP contribution in [0.5, 0.6) is 0 Å². The zero-order valence-electron chi connectivity index (χ0n) is 16.1. The topological polar surface area (TPSA) is 61.8 Å². The van der Waals surface area contributed by atoms with Gasteiger partial charge >= 0.3 is 0 Å². The SMILES string of the molecule is CO[C@H](C[C@H](CCN1CCc2ccccc2C1)C(=O)NO)c1ccc(F)cc1. The molecule has 0 aliphatic carbocycles. The minimum atomic E-state index is -0.415. The molecule has 2 aromatic rings. The predicted molar refractivity (Wildman–Crippen MR) is 104 cm³/mol. The number of halogens is 1. The lowest BCUT2D eigenvalue weighted by Crippen LogP contribution is -2.35. The Morgan fingerprint density at radius 2 is 1.93 bits per heavy atom. The number of hydrogen-bond acceptors (Lipinski definition) is 4. The molecular formula is C22H27FN2O3. The van der Waals surface area contributed by atoms with Crippen LogP contribution in [0.2, 0.25) is 0 Å². The van der Waals surface area contributed by atoms with Gasteiger partial charge < -0.3 is 4.74 Å². The number of rotatable bonds is 8. The number of hydrogen-bond donors (Lipinski definition) is 2. The third kappa shape index (κ3) is 5.16. The lowest BCUT2D eigenvalue weighted by atomic mass is 9.92. The van der Waals surface area contributed by atoms with Gasteiger partial charge in [0.2, 0.25) is 5.91 Å². The Balaban J connectivity index is 1.62. The Morgan fingerprint density at radius 3 is 2.61 bits per heavy atom. The highest BCUT2D eigenvalue weighted by Crippen LogP contribution is 2.28. The molecule has 0 unspecified atom stereocenters. The summed E-state index contributed by atoms with van der Waals surface area (Å²) in [6, 6.07) is 14.5. The number of nitrogens with one attached hydrogen (secondary N) is 1. The predicted octanol–water partition coefficient (Wildman–Crippen LogP) is 3.47. The number of carbonyl (C=O) groups is 1. The molecule has 5 nitrogen and oxygen atoms in total. The zero-order valence-corrected chi connectivity index (χ0v) is 16.1. The van der Waals surface area contributed by atoms with E-state index in [9.17, 15) is 9.18 Å². The van der Waals surface area contributed by atoms with Gasteiger partial charge in [-0.15, -0.1) is 0 Å². The molecule has 1 amide bonds. The Bertz CT molecular complexity index is 782. The minimum Gasteiger partial charge on any atom is -0.377 e. The molecule has 2 aromatic carbocycles. The second kappa shape index (κ2) is 9.78. The molecule has 0 saturated carbocycles. The lowest BCUT2D eigenvalue weighted by molar-refractivity contribution is -0.135. The van der Waals surface area contributed by atoms with Crippen molar-refractivity contribution < 1.29 is 19.1 Å². The number of nitrogens with zero attached hydrogens (tertiary/aromatic N) is 1. The van der Waals surface area contributed by atoms with E-state index < -0.39 is 11.8 Å². The van der Waals surface area contributed by atoms with Gasteiger partial charge in [0.1, 0.15) is 5.82 Å². The highest BCUT2D eigenvalue weighted by atomic mass is 19.1. The fourth-order valence-corrected chi connectivity index (χ4v) is 3.83. The first kappa shape index (κ1) is 20.5. The van der Waals surface area contributed by atoms with Crippen molar-refractivity contribution in [2.45, 2.75) is 31.9 Å². The summed E-state index contributed by atoms with van der Waals surface area (Å²) in [5, 5.41) is 9.16. The summed E-state index contributed by atoms with van der Waals surface area (Å²) in [6.45, 7) is 2.58. The molecule has 1 aliphatic heterocycles. The van der Waals surface area contributed by atoms with Crippen molar-refractivity contribution in [3.05, 3.63) is 71.0 Å². The van der Waals surface area contributed by atoms with Crippen LogP contribution >= 0.6 is 0 Å². The first-order chi connectivity index (χ1) is 13.6. The van der Waals surface area contributed by atoms with Crippen molar-refractivity contribution in [1.82, 2.24) is 10.4 Å². The smallest absolute Gasteiger partial charge is 0.246 e. The van der Waals surface area contributed by atoms with Crippen molar-refractivity contribution in [1.29, 1.82) is 0 Å². The van der Waals surface area contributed by atoms with Crippen LogP contribution in [0, 0.1) is 11.7 Å². The molecule has 0 spiro atoms. The van der Waals surface area contributed by atoms with Gasteiger partial charge in [-0.25, -0.2) is 9.87 Å². The van der Waals surface area contributed by atoms with Crippen LogP contribution in [0.25, 0.3) is 0 Å². The van der Waals surface area contributed by atoms with Gasteiger partial charge in [0.05, 0.1) is 6.10 Å². The molecule has 1 aliphatic rings. The maximum atomic E-state index is 13.2. The number of methoxy groups -OCH3 is 1. The van der Waals surface area contributed by atoms with Gasteiger partial charge in [0, 0.05) is 26.1 Å². The third-order valence-electron chi connectivity index (χ3n) is 5.51.